The second-order valence-corrected chi connectivity index (χ2v) is 4.03. The van der Waals surface area contributed by atoms with E-state index in [0.717, 1.165) is 22.0 Å². The normalized spacial score (nSPS) is 13.6. The molecule has 0 unspecified atom stereocenters. The number of aromatic amines is 1. The predicted octanol–water partition coefficient (Wildman–Crippen LogP) is 0.0518. The summed E-state index contributed by atoms with van der Waals surface area (Å²) in [7, 11) is 0. The molecule has 86 valence electrons. The number of nitrogens with two attached hydrogens (primary N) is 1. The average Bonchev–Trinajstić information content (AvgIpc) is 2.65. The van der Waals surface area contributed by atoms with Crippen molar-refractivity contribution in [1.82, 2.24) is 10.2 Å². The first-order chi connectivity index (χ1) is 7.58. The van der Waals surface area contributed by atoms with Crippen LogP contribution in [-0.2, 0) is 6.42 Å². The molecule has 1 aromatic heterocycles. The van der Waals surface area contributed by atoms with Crippen LogP contribution in [0.25, 0.3) is 10.9 Å². The van der Waals surface area contributed by atoms with Crippen LogP contribution in [0.15, 0.2) is 18.3 Å². The zero-order valence-electron chi connectivity index (χ0n) is 9.01. The molecule has 16 heavy (non-hydrogen) atoms. The number of H-pyrrole nitrogens is 1. The number of aliphatic hydroxyl groups excluding tert-OH is 1. The van der Waals surface area contributed by atoms with Gasteiger partial charge in [0.15, 0.2) is 6.29 Å². The van der Waals surface area contributed by atoms with E-state index in [2.05, 4.69) is 10.2 Å². The summed E-state index contributed by atoms with van der Waals surface area (Å²) in [5.74, 6) is 0. The highest BCUT2D eigenvalue weighted by molar-refractivity contribution is 5.81. The number of aromatic nitrogens is 2. The van der Waals surface area contributed by atoms with E-state index in [1.54, 1.807) is 6.20 Å². The van der Waals surface area contributed by atoms with Crippen LogP contribution < -0.4 is 5.73 Å². The lowest BCUT2D eigenvalue weighted by atomic mass is 10.0. The average molecular weight is 221 g/mol. The van der Waals surface area contributed by atoms with E-state index in [4.69, 9.17) is 15.9 Å². The van der Waals surface area contributed by atoms with Crippen molar-refractivity contribution >= 4 is 10.9 Å². The molecule has 5 N–H and O–H groups in total. The monoisotopic (exact) mass is 221 g/mol. The Morgan fingerprint density at radius 2 is 2.19 bits per heavy atom. The lowest BCUT2D eigenvalue weighted by Crippen LogP contribution is -2.36. The zero-order chi connectivity index (χ0) is 11.7. The number of hydrogen-bond acceptors (Lipinski definition) is 4. The van der Waals surface area contributed by atoms with Crippen molar-refractivity contribution < 1.29 is 10.2 Å². The minimum Gasteiger partial charge on any atom is -0.367 e. The molecular weight excluding hydrogens is 206 g/mol. The van der Waals surface area contributed by atoms with Crippen LogP contribution in [0.4, 0.5) is 0 Å². The summed E-state index contributed by atoms with van der Waals surface area (Å²) in [4.78, 5) is 0. The Kier molecular flexibility index (Phi) is 2.91. The Morgan fingerprint density at radius 1 is 1.44 bits per heavy atom. The number of nitrogens with zero attached hydrogens (tertiary/aromatic N) is 1. The van der Waals surface area contributed by atoms with Crippen LogP contribution in [0.3, 0.4) is 0 Å². The van der Waals surface area contributed by atoms with Crippen LogP contribution in [0.2, 0.25) is 0 Å². The quantitative estimate of drug-likeness (QED) is 0.551. The van der Waals surface area contributed by atoms with Crippen molar-refractivity contribution in [3.8, 4) is 0 Å². The molecule has 0 radical (unpaired) electrons. The van der Waals surface area contributed by atoms with Crippen LogP contribution in [-0.4, -0.2) is 32.7 Å². The van der Waals surface area contributed by atoms with Crippen molar-refractivity contribution in [2.45, 2.75) is 25.7 Å². The SMILES string of the molecule is Cc1cc(C[C@@H](N)C(O)O)cc2cn[nH]c12. The number of benzene rings is 1. The molecule has 0 aliphatic carbocycles. The molecule has 1 aromatic carbocycles. The smallest absolute Gasteiger partial charge is 0.167 e. The Morgan fingerprint density at radius 3 is 2.88 bits per heavy atom. The van der Waals surface area contributed by atoms with Gasteiger partial charge >= 0.3 is 0 Å². The molecular formula is C11H15N3O2. The molecule has 0 fully saturated rings. The van der Waals surface area contributed by atoms with Crippen LogP contribution in [0.5, 0.6) is 0 Å². The molecule has 0 spiro atoms. The predicted molar refractivity (Wildman–Crippen MR) is 60.7 cm³/mol. The number of nitrogens with one attached hydrogen (secondary N) is 1. The number of aliphatic hydroxyl groups is 2. The van der Waals surface area contributed by atoms with Gasteiger partial charge in [-0.05, 0) is 30.5 Å². The standard InChI is InChI=1S/C11H15N3O2/c1-6-2-7(4-9(12)11(15)16)3-8-5-13-14-10(6)8/h2-3,5,9,11,15-16H,4,12H2,1H3,(H,13,14)/t9-/m1/s1. The summed E-state index contributed by atoms with van der Waals surface area (Å²) in [6.45, 7) is 1.98. The van der Waals surface area contributed by atoms with Crippen LogP contribution in [0, 0.1) is 6.92 Å². The topological polar surface area (TPSA) is 95.2 Å². The summed E-state index contributed by atoms with van der Waals surface area (Å²) < 4.78 is 0. The van der Waals surface area contributed by atoms with Gasteiger partial charge in [0.2, 0.25) is 0 Å². The third-order valence-corrected chi connectivity index (χ3v) is 2.66. The molecule has 2 aromatic rings. The Labute approximate surface area is 92.9 Å². The van der Waals surface area contributed by atoms with Crippen molar-refractivity contribution in [2.75, 3.05) is 0 Å². The third kappa shape index (κ3) is 2.06. The number of fused-ring (bicyclic) bond motifs is 1. The first kappa shape index (κ1) is 11.1. The van der Waals surface area contributed by atoms with Gasteiger partial charge in [0, 0.05) is 5.39 Å². The Bertz CT molecular complexity index is 493. The molecule has 2 rings (SSSR count). The fourth-order valence-electron chi connectivity index (χ4n) is 1.81. The van der Waals surface area contributed by atoms with Crippen molar-refractivity contribution in [3.05, 3.63) is 29.5 Å². The van der Waals surface area contributed by atoms with Crippen molar-refractivity contribution in [1.29, 1.82) is 0 Å². The molecule has 1 atom stereocenters. The van der Waals surface area contributed by atoms with Gasteiger partial charge in [-0.2, -0.15) is 5.10 Å². The summed E-state index contributed by atoms with van der Waals surface area (Å²) in [6.07, 6.45) is 0.687. The van der Waals surface area contributed by atoms with E-state index >= 15 is 0 Å². The van der Waals surface area contributed by atoms with E-state index in [1.807, 2.05) is 19.1 Å². The first-order valence-corrected chi connectivity index (χ1v) is 5.12. The molecule has 0 bridgehead atoms. The summed E-state index contributed by atoms with van der Waals surface area (Å²) in [5, 5.41) is 25.8. The second kappa shape index (κ2) is 4.21. The minimum absolute atomic E-state index is 0.430. The number of hydrogen-bond donors (Lipinski definition) is 4. The van der Waals surface area contributed by atoms with E-state index in [-0.39, 0.29) is 0 Å². The van der Waals surface area contributed by atoms with Gasteiger partial charge in [-0.1, -0.05) is 6.07 Å². The van der Waals surface area contributed by atoms with E-state index in [9.17, 15) is 0 Å². The maximum absolute atomic E-state index is 8.94. The zero-order valence-corrected chi connectivity index (χ0v) is 9.01. The maximum atomic E-state index is 8.94. The molecule has 1 heterocycles. The van der Waals surface area contributed by atoms with Gasteiger partial charge in [0.25, 0.3) is 0 Å². The highest BCUT2D eigenvalue weighted by Gasteiger charge is 2.12. The van der Waals surface area contributed by atoms with Gasteiger partial charge < -0.3 is 15.9 Å². The molecule has 0 aliphatic heterocycles. The Hall–Kier alpha value is -1.43. The van der Waals surface area contributed by atoms with Gasteiger partial charge in [0.05, 0.1) is 17.8 Å². The summed E-state index contributed by atoms with van der Waals surface area (Å²) in [5.41, 5.74) is 8.65. The Balaban J connectivity index is 2.31. The lowest BCUT2D eigenvalue weighted by Gasteiger charge is -2.14. The highest BCUT2D eigenvalue weighted by Crippen LogP contribution is 2.19. The fourth-order valence-corrected chi connectivity index (χ4v) is 1.81. The van der Waals surface area contributed by atoms with Crippen molar-refractivity contribution in [3.63, 3.8) is 0 Å². The molecule has 0 aliphatic rings. The molecule has 5 nitrogen and oxygen atoms in total. The van der Waals surface area contributed by atoms with Crippen LogP contribution >= 0.6 is 0 Å². The third-order valence-electron chi connectivity index (χ3n) is 2.66. The highest BCUT2D eigenvalue weighted by atomic mass is 16.5. The fraction of sp³-hybridized carbons (Fsp3) is 0.364. The second-order valence-electron chi connectivity index (χ2n) is 4.03. The molecule has 0 saturated heterocycles. The van der Waals surface area contributed by atoms with Gasteiger partial charge in [-0.3, -0.25) is 5.10 Å². The van der Waals surface area contributed by atoms with E-state index < -0.39 is 12.3 Å². The van der Waals surface area contributed by atoms with Crippen LogP contribution in [0.1, 0.15) is 11.1 Å². The number of aryl methyl sites for hydroxylation is 1. The lowest BCUT2D eigenvalue weighted by molar-refractivity contribution is -0.0577. The first-order valence-electron chi connectivity index (χ1n) is 5.12. The molecule has 5 heteroatoms. The maximum Gasteiger partial charge on any atom is 0.167 e. The summed E-state index contributed by atoms with van der Waals surface area (Å²) >= 11 is 0. The van der Waals surface area contributed by atoms with Crippen molar-refractivity contribution in [2.24, 2.45) is 5.73 Å². The van der Waals surface area contributed by atoms with Gasteiger partial charge in [-0.15, -0.1) is 0 Å². The van der Waals surface area contributed by atoms with Gasteiger partial charge in [0.1, 0.15) is 0 Å². The number of rotatable bonds is 3. The van der Waals surface area contributed by atoms with E-state index in [1.165, 1.54) is 0 Å². The molecule has 0 amide bonds. The largest absolute Gasteiger partial charge is 0.367 e. The summed E-state index contributed by atoms with van der Waals surface area (Å²) in [6, 6.07) is 3.26. The van der Waals surface area contributed by atoms with Gasteiger partial charge in [-0.25, -0.2) is 0 Å². The minimum atomic E-state index is -1.49. The molecule has 0 saturated carbocycles. The van der Waals surface area contributed by atoms with E-state index in [0.29, 0.717) is 6.42 Å².